The van der Waals surface area contributed by atoms with E-state index in [4.69, 9.17) is 0 Å². The van der Waals surface area contributed by atoms with Crippen molar-refractivity contribution in [2.45, 2.75) is 30.7 Å². The number of aromatic nitrogens is 2. The number of nitrogens with zero attached hydrogens (tertiary/aromatic N) is 2. The maximum atomic E-state index is 4.54. The molecule has 5 heteroatoms. The molecule has 0 unspecified atom stereocenters. The summed E-state index contributed by atoms with van der Waals surface area (Å²) in [6, 6.07) is 0. The highest BCUT2D eigenvalue weighted by Crippen LogP contribution is 2.37. The van der Waals surface area contributed by atoms with Crippen molar-refractivity contribution >= 4 is 33.3 Å². The molecule has 1 aliphatic carbocycles. The van der Waals surface area contributed by atoms with Gasteiger partial charge in [0.15, 0.2) is 4.83 Å². The molecule has 1 aliphatic rings. The van der Waals surface area contributed by atoms with Gasteiger partial charge in [-0.3, -0.25) is 0 Å². The Hall–Kier alpha value is 0.120. The van der Waals surface area contributed by atoms with Crippen molar-refractivity contribution < 1.29 is 28.5 Å². The second-order valence-electron chi connectivity index (χ2n) is 4.26. The molecule has 92 valence electrons. The van der Waals surface area contributed by atoms with Crippen LogP contribution in [0.25, 0.3) is 10.2 Å². The van der Waals surface area contributed by atoms with Crippen LogP contribution in [0.4, 0.5) is 0 Å². The monoisotopic (exact) mass is 378 g/mol. The molecule has 2 aromatic heterocycles. The van der Waals surface area contributed by atoms with Crippen molar-refractivity contribution in [3.05, 3.63) is 16.8 Å². The molecule has 0 N–H and O–H groups in total. The topological polar surface area (TPSA) is 16.8 Å². The minimum Gasteiger partial charge on any atom is -1.00 e. The number of thioether (sulfide) groups is 1. The summed E-state index contributed by atoms with van der Waals surface area (Å²) in [6.07, 6.45) is 9.26. The molecule has 0 saturated heterocycles. The molecule has 0 amide bonds. The van der Waals surface area contributed by atoms with Gasteiger partial charge < -0.3 is 24.0 Å². The van der Waals surface area contributed by atoms with Gasteiger partial charge in [0.2, 0.25) is 5.03 Å². The summed E-state index contributed by atoms with van der Waals surface area (Å²) in [6.45, 7) is 0. The molecule has 17 heavy (non-hydrogen) atoms. The molecule has 2 heterocycles. The highest BCUT2D eigenvalue weighted by atomic mass is 127. The van der Waals surface area contributed by atoms with Gasteiger partial charge >= 0.3 is 0 Å². The van der Waals surface area contributed by atoms with Crippen LogP contribution in [0.2, 0.25) is 0 Å². The van der Waals surface area contributed by atoms with Gasteiger partial charge in [0, 0.05) is 4.88 Å². The first kappa shape index (κ1) is 13.5. The van der Waals surface area contributed by atoms with Crippen LogP contribution in [0.5, 0.6) is 0 Å². The molecule has 3 rings (SSSR count). The first-order valence-electron chi connectivity index (χ1n) is 5.64. The molecule has 0 saturated carbocycles. The minimum atomic E-state index is 0. The third kappa shape index (κ3) is 2.21. The Bertz CT molecular complexity index is 551. The molecule has 2 nitrogen and oxygen atoms in total. The zero-order valence-corrected chi connectivity index (χ0v) is 13.8. The van der Waals surface area contributed by atoms with E-state index in [1.165, 1.54) is 40.9 Å². The number of fused-ring (bicyclic) bond motifs is 3. The van der Waals surface area contributed by atoms with E-state index in [1.807, 2.05) is 17.7 Å². The number of halogens is 1. The number of hydrogen-bond acceptors (Lipinski definition) is 3. The molecule has 2 aromatic rings. The van der Waals surface area contributed by atoms with E-state index in [0.717, 1.165) is 0 Å². The Balaban J connectivity index is 0.00000108. The zero-order chi connectivity index (χ0) is 11.1. The van der Waals surface area contributed by atoms with Gasteiger partial charge in [0.25, 0.3) is 6.33 Å². The third-order valence-corrected chi connectivity index (χ3v) is 5.31. The lowest BCUT2D eigenvalue weighted by Crippen LogP contribution is -3.00. The average molecular weight is 378 g/mol. The lowest BCUT2D eigenvalue weighted by atomic mass is 9.97. The van der Waals surface area contributed by atoms with Crippen LogP contribution in [0, 0.1) is 0 Å². The fraction of sp³-hybridized carbons (Fsp3) is 0.500. The van der Waals surface area contributed by atoms with E-state index in [1.54, 1.807) is 22.2 Å². The lowest BCUT2D eigenvalue weighted by Gasteiger charge is -2.09. The van der Waals surface area contributed by atoms with Crippen molar-refractivity contribution in [1.82, 2.24) is 4.98 Å². The number of rotatable bonds is 1. The third-order valence-electron chi connectivity index (χ3n) is 3.23. The van der Waals surface area contributed by atoms with Gasteiger partial charge in [0.05, 0.1) is 12.4 Å². The Labute approximate surface area is 127 Å². The van der Waals surface area contributed by atoms with Crippen molar-refractivity contribution in [2.75, 3.05) is 6.26 Å². The number of hydrogen-bond donors (Lipinski definition) is 0. The molecular weight excluding hydrogens is 363 g/mol. The second-order valence-corrected chi connectivity index (χ2v) is 6.13. The fourth-order valence-electron chi connectivity index (χ4n) is 2.43. The summed E-state index contributed by atoms with van der Waals surface area (Å²) >= 11 is 3.73. The van der Waals surface area contributed by atoms with Gasteiger partial charge in [-0.1, -0.05) is 23.1 Å². The number of thiophene rings is 1. The largest absolute Gasteiger partial charge is 1.00 e. The summed E-state index contributed by atoms with van der Waals surface area (Å²) in [7, 11) is 2.10. The quantitative estimate of drug-likeness (QED) is 0.294. The predicted molar refractivity (Wildman–Crippen MR) is 69.2 cm³/mol. The Kier molecular flexibility index (Phi) is 4.31. The van der Waals surface area contributed by atoms with Gasteiger partial charge in [-0.05, 0) is 42.5 Å². The predicted octanol–water partition coefficient (Wildman–Crippen LogP) is -0.274. The average Bonchev–Trinajstić information content (AvgIpc) is 2.70. The van der Waals surface area contributed by atoms with E-state index < -0.39 is 0 Å². The van der Waals surface area contributed by atoms with E-state index in [2.05, 4.69) is 22.9 Å². The molecule has 0 spiro atoms. The molecule has 0 bridgehead atoms. The van der Waals surface area contributed by atoms with Gasteiger partial charge in [-0.25, -0.2) is 4.57 Å². The maximum absolute atomic E-state index is 4.54. The molecule has 0 atom stereocenters. The summed E-state index contributed by atoms with van der Waals surface area (Å²) in [5, 5.41) is 2.63. The van der Waals surface area contributed by atoms with Gasteiger partial charge in [-0.15, -0.1) is 0 Å². The van der Waals surface area contributed by atoms with Gasteiger partial charge in [-0.2, -0.15) is 0 Å². The minimum absolute atomic E-state index is 0. The number of aryl methyl sites for hydroxylation is 3. The van der Waals surface area contributed by atoms with Crippen LogP contribution in [0.3, 0.4) is 0 Å². The summed E-state index contributed by atoms with van der Waals surface area (Å²) in [5.41, 5.74) is 1.58. The maximum Gasteiger partial charge on any atom is 0.288 e. The zero-order valence-electron chi connectivity index (χ0n) is 9.99. The standard InChI is InChI=1S/C12H15N2S2.HI/c1-14-7-13-11(15-2)10-8-5-3-4-6-9(8)16-12(10)14;/h7H,3-6H2,1-2H3;1H/q+1;/p-1. The van der Waals surface area contributed by atoms with E-state index in [-0.39, 0.29) is 24.0 Å². The van der Waals surface area contributed by atoms with Crippen molar-refractivity contribution in [3.8, 4) is 0 Å². The summed E-state index contributed by atoms with van der Waals surface area (Å²) in [4.78, 5) is 7.53. The molecule has 0 aromatic carbocycles. The summed E-state index contributed by atoms with van der Waals surface area (Å²) < 4.78 is 2.16. The molecule has 0 fully saturated rings. The van der Waals surface area contributed by atoms with Gasteiger partial charge in [0.1, 0.15) is 0 Å². The first-order valence-corrected chi connectivity index (χ1v) is 7.68. The van der Waals surface area contributed by atoms with Crippen LogP contribution in [-0.2, 0) is 19.9 Å². The van der Waals surface area contributed by atoms with Crippen LogP contribution >= 0.6 is 23.1 Å². The normalized spacial score (nSPS) is 14.5. The molecule has 0 radical (unpaired) electrons. The van der Waals surface area contributed by atoms with Crippen molar-refractivity contribution in [1.29, 1.82) is 0 Å². The SMILES string of the molecule is CSc1nc[n+](C)c2sc3c(c12)CCCC3.[I-]. The Morgan fingerprint density at radius 3 is 2.88 bits per heavy atom. The second kappa shape index (κ2) is 5.40. The van der Waals surface area contributed by atoms with Crippen molar-refractivity contribution in [3.63, 3.8) is 0 Å². The van der Waals surface area contributed by atoms with Crippen molar-refractivity contribution in [2.24, 2.45) is 7.05 Å². The highest BCUT2D eigenvalue weighted by Gasteiger charge is 2.23. The molecular formula is C12H15IN2S2. The van der Waals surface area contributed by atoms with Crippen LogP contribution in [-0.4, -0.2) is 11.2 Å². The van der Waals surface area contributed by atoms with E-state index in [9.17, 15) is 0 Å². The van der Waals surface area contributed by atoms with Crippen LogP contribution < -0.4 is 28.5 Å². The fourth-order valence-corrected chi connectivity index (χ4v) is 4.39. The smallest absolute Gasteiger partial charge is 0.288 e. The first-order chi connectivity index (χ1) is 7.81. The summed E-state index contributed by atoms with van der Waals surface area (Å²) in [5.74, 6) is 0. The Morgan fingerprint density at radius 2 is 2.12 bits per heavy atom. The van der Waals surface area contributed by atoms with Crippen LogP contribution in [0.15, 0.2) is 11.4 Å². The van der Waals surface area contributed by atoms with Crippen LogP contribution in [0.1, 0.15) is 23.3 Å². The Morgan fingerprint density at radius 1 is 1.35 bits per heavy atom. The lowest BCUT2D eigenvalue weighted by molar-refractivity contribution is -0.646. The van der Waals surface area contributed by atoms with E-state index >= 15 is 0 Å². The van der Waals surface area contributed by atoms with E-state index in [0.29, 0.717) is 0 Å². The highest BCUT2D eigenvalue weighted by molar-refractivity contribution is 7.98. The molecule has 0 aliphatic heterocycles.